The maximum atomic E-state index is 12.2. The van der Waals surface area contributed by atoms with Crippen LogP contribution in [0.1, 0.15) is 31.2 Å². The predicted octanol–water partition coefficient (Wildman–Crippen LogP) is 2.74. The van der Waals surface area contributed by atoms with Crippen molar-refractivity contribution in [3.05, 3.63) is 48.3 Å². The molecule has 1 N–H and O–H groups in total. The van der Waals surface area contributed by atoms with Crippen LogP contribution in [0.25, 0.3) is 0 Å². The van der Waals surface area contributed by atoms with Crippen LogP contribution in [0, 0.1) is 0 Å². The van der Waals surface area contributed by atoms with Gasteiger partial charge in [-0.3, -0.25) is 14.4 Å². The lowest BCUT2D eigenvalue weighted by Gasteiger charge is -2.22. The lowest BCUT2D eigenvalue weighted by atomic mass is 10.2. The van der Waals surface area contributed by atoms with Crippen molar-refractivity contribution in [2.24, 2.45) is 0 Å². The Morgan fingerprint density at radius 1 is 1.30 bits per heavy atom. The van der Waals surface area contributed by atoms with Gasteiger partial charge in [0, 0.05) is 12.2 Å². The highest BCUT2D eigenvalue weighted by Crippen LogP contribution is 2.22. The standard InChI is InChI=1S/C18H24N4O/c1-21(17-9-5-6-10-17)14-18(23)20-16-11-19-22(13-16)12-15-7-3-2-4-8-15/h2-4,7-8,11,13,17H,5-6,9-10,12,14H2,1H3,(H,20,23). The van der Waals surface area contributed by atoms with Gasteiger partial charge in [0.1, 0.15) is 0 Å². The number of likely N-dealkylation sites (N-methyl/N-ethyl adjacent to an activating group) is 1. The van der Waals surface area contributed by atoms with Gasteiger partial charge < -0.3 is 5.32 Å². The van der Waals surface area contributed by atoms with Crippen LogP contribution in [0.15, 0.2) is 42.7 Å². The van der Waals surface area contributed by atoms with E-state index in [-0.39, 0.29) is 5.91 Å². The molecule has 1 amide bonds. The van der Waals surface area contributed by atoms with Crippen molar-refractivity contribution in [2.75, 3.05) is 18.9 Å². The van der Waals surface area contributed by atoms with E-state index in [4.69, 9.17) is 0 Å². The topological polar surface area (TPSA) is 50.2 Å². The molecule has 3 rings (SSSR count). The summed E-state index contributed by atoms with van der Waals surface area (Å²) in [5.74, 6) is 0.0265. The molecule has 1 fully saturated rings. The maximum absolute atomic E-state index is 12.2. The first-order valence-electron chi connectivity index (χ1n) is 8.27. The summed E-state index contributed by atoms with van der Waals surface area (Å²) < 4.78 is 1.84. The van der Waals surface area contributed by atoms with Gasteiger partial charge in [-0.05, 0) is 25.5 Å². The second-order valence-electron chi connectivity index (χ2n) is 6.31. The zero-order valence-corrected chi connectivity index (χ0v) is 13.6. The van der Waals surface area contributed by atoms with E-state index in [0.717, 1.165) is 5.69 Å². The Morgan fingerprint density at radius 3 is 2.78 bits per heavy atom. The third-order valence-corrected chi connectivity index (χ3v) is 4.45. The van der Waals surface area contributed by atoms with Crippen molar-refractivity contribution in [2.45, 2.75) is 38.3 Å². The van der Waals surface area contributed by atoms with Crippen molar-refractivity contribution in [1.29, 1.82) is 0 Å². The molecule has 1 heterocycles. The number of aromatic nitrogens is 2. The molecule has 122 valence electrons. The predicted molar refractivity (Wildman–Crippen MR) is 91.3 cm³/mol. The molecule has 0 aliphatic heterocycles. The molecule has 1 aliphatic rings. The Labute approximate surface area is 137 Å². The summed E-state index contributed by atoms with van der Waals surface area (Å²) >= 11 is 0. The van der Waals surface area contributed by atoms with Crippen LogP contribution in [-0.4, -0.2) is 40.2 Å². The summed E-state index contributed by atoms with van der Waals surface area (Å²) in [5, 5.41) is 7.25. The fraction of sp³-hybridized carbons (Fsp3) is 0.444. The van der Waals surface area contributed by atoms with Gasteiger partial charge in [-0.25, -0.2) is 0 Å². The van der Waals surface area contributed by atoms with Crippen LogP contribution in [0.2, 0.25) is 0 Å². The molecule has 23 heavy (non-hydrogen) atoms. The van der Waals surface area contributed by atoms with E-state index in [1.54, 1.807) is 6.20 Å². The monoisotopic (exact) mass is 312 g/mol. The van der Waals surface area contributed by atoms with Gasteiger partial charge in [0.25, 0.3) is 0 Å². The fourth-order valence-electron chi connectivity index (χ4n) is 3.19. The Bertz CT molecular complexity index is 631. The summed E-state index contributed by atoms with van der Waals surface area (Å²) in [6.45, 7) is 1.15. The molecule has 1 aliphatic carbocycles. The summed E-state index contributed by atoms with van der Waals surface area (Å²) in [4.78, 5) is 14.3. The van der Waals surface area contributed by atoms with E-state index in [1.807, 2.05) is 36.1 Å². The largest absolute Gasteiger partial charge is 0.322 e. The Kier molecular flexibility index (Phi) is 5.08. The van der Waals surface area contributed by atoms with Gasteiger partial charge in [0.15, 0.2) is 0 Å². The molecule has 5 heteroatoms. The summed E-state index contributed by atoms with van der Waals surface area (Å²) in [6.07, 6.45) is 8.56. The van der Waals surface area contributed by atoms with Crippen LogP contribution in [0.3, 0.4) is 0 Å². The van der Waals surface area contributed by atoms with E-state index >= 15 is 0 Å². The number of anilines is 1. The first kappa shape index (κ1) is 15.7. The number of nitrogens with one attached hydrogen (secondary N) is 1. The van der Waals surface area contributed by atoms with Crippen LogP contribution < -0.4 is 5.32 Å². The quantitative estimate of drug-likeness (QED) is 0.892. The van der Waals surface area contributed by atoms with E-state index in [9.17, 15) is 4.79 Å². The average Bonchev–Trinajstić information content (AvgIpc) is 3.20. The summed E-state index contributed by atoms with van der Waals surface area (Å²) in [7, 11) is 2.04. The van der Waals surface area contributed by atoms with Crippen molar-refractivity contribution in [1.82, 2.24) is 14.7 Å². The lowest BCUT2D eigenvalue weighted by molar-refractivity contribution is -0.117. The highest BCUT2D eigenvalue weighted by atomic mass is 16.2. The molecule has 0 unspecified atom stereocenters. The zero-order valence-electron chi connectivity index (χ0n) is 13.6. The van der Waals surface area contributed by atoms with Gasteiger partial charge in [-0.2, -0.15) is 5.10 Å². The Hall–Kier alpha value is -2.14. The van der Waals surface area contributed by atoms with E-state index in [0.29, 0.717) is 19.1 Å². The molecule has 2 aromatic rings. The SMILES string of the molecule is CN(CC(=O)Nc1cnn(Cc2ccccc2)c1)C1CCCC1. The average molecular weight is 312 g/mol. The minimum absolute atomic E-state index is 0.0265. The zero-order chi connectivity index (χ0) is 16.1. The highest BCUT2D eigenvalue weighted by molar-refractivity contribution is 5.91. The number of rotatable bonds is 6. The van der Waals surface area contributed by atoms with Crippen molar-refractivity contribution < 1.29 is 4.79 Å². The molecule has 1 aromatic heterocycles. The van der Waals surface area contributed by atoms with Gasteiger partial charge >= 0.3 is 0 Å². The molecule has 0 spiro atoms. The molecule has 0 atom stereocenters. The Balaban J connectivity index is 1.51. The normalized spacial score (nSPS) is 15.2. The maximum Gasteiger partial charge on any atom is 0.238 e. The van der Waals surface area contributed by atoms with Crippen molar-refractivity contribution in [3.63, 3.8) is 0 Å². The van der Waals surface area contributed by atoms with Crippen LogP contribution in [-0.2, 0) is 11.3 Å². The van der Waals surface area contributed by atoms with E-state index in [2.05, 4.69) is 27.4 Å². The summed E-state index contributed by atoms with van der Waals surface area (Å²) in [6, 6.07) is 10.7. The molecular formula is C18H24N4O. The minimum Gasteiger partial charge on any atom is -0.322 e. The number of carbonyl (C=O) groups excluding carboxylic acids is 1. The highest BCUT2D eigenvalue weighted by Gasteiger charge is 2.21. The van der Waals surface area contributed by atoms with Gasteiger partial charge in [-0.1, -0.05) is 43.2 Å². The Morgan fingerprint density at radius 2 is 2.04 bits per heavy atom. The molecule has 0 bridgehead atoms. The fourth-order valence-corrected chi connectivity index (χ4v) is 3.19. The molecule has 5 nitrogen and oxygen atoms in total. The van der Waals surface area contributed by atoms with Gasteiger partial charge in [-0.15, -0.1) is 0 Å². The smallest absolute Gasteiger partial charge is 0.238 e. The lowest BCUT2D eigenvalue weighted by Crippen LogP contribution is -2.36. The van der Waals surface area contributed by atoms with Crippen LogP contribution in [0.5, 0.6) is 0 Å². The number of benzene rings is 1. The van der Waals surface area contributed by atoms with Crippen molar-refractivity contribution in [3.8, 4) is 0 Å². The molecule has 0 saturated heterocycles. The first-order chi connectivity index (χ1) is 11.2. The molecular weight excluding hydrogens is 288 g/mol. The second-order valence-corrected chi connectivity index (χ2v) is 6.31. The van der Waals surface area contributed by atoms with E-state index in [1.165, 1.54) is 31.2 Å². The number of amides is 1. The number of hydrogen-bond donors (Lipinski definition) is 1. The minimum atomic E-state index is 0.0265. The van der Waals surface area contributed by atoms with Crippen LogP contribution >= 0.6 is 0 Å². The third-order valence-electron chi connectivity index (χ3n) is 4.45. The van der Waals surface area contributed by atoms with Gasteiger partial charge in [0.2, 0.25) is 5.91 Å². The second kappa shape index (κ2) is 7.42. The first-order valence-corrected chi connectivity index (χ1v) is 8.27. The van der Waals surface area contributed by atoms with Gasteiger partial charge in [0.05, 0.1) is 25.0 Å². The van der Waals surface area contributed by atoms with E-state index < -0.39 is 0 Å². The number of nitrogens with zero attached hydrogens (tertiary/aromatic N) is 3. The van der Waals surface area contributed by atoms with Crippen molar-refractivity contribution >= 4 is 11.6 Å². The molecule has 1 aromatic carbocycles. The summed E-state index contributed by atoms with van der Waals surface area (Å²) in [5.41, 5.74) is 1.94. The van der Waals surface area contributed by atoms with Crippen LogP contribution in [0.4, 0.5) is 5.69 Å². The molecule has 1 saturated carbocycles. The number of hydrogen-bond acceptors (Lipinski definition) is 3. The number of carbonyl (C=O) groups is 1. The molecule has 0 radical (unpaired) electrons. The third kappa shape index (κ3) is 4.42.